The summed E-state index contributed by atoms with van der Waals surface area (Å²) in [6, 6.07) is 13.9. The third kappa shape index (κ3) is 4.23. The van der Waals surface area contributed by atoms with Gasteiger partial charge in [0.05, 0.1) is 12.3 Å². The van der Waals surface area contributed by atoms with Gasteiger partial charge in [0, 0.05) is 7.05 Å². The minimum absolute atomic E-state index is 0.116. The van der Waals surface area contributed by atoms with Crippen molar-refractivity contribution in [2.75, 3.05) is 7.05 Å². The number of ether oxygens (including phenoxy) is 1. The fraction of sp³-hybridized carbons (Fsp3) is 0.333. The molecule has 0 aliphatic heterocycles. The van der Waals surface area contributed by atoms with E-state index in [2.05, 4.69) is 23.5 Å². The molecule has 136 valence electrons. The summed E-state index contributed by atoms with van der Waals surface area (Å²) in [7, 11) is 1.63. The SMILES string of the molecule is CNC(=N)C(CC(=O)O)c1ccc(OCc2ccc3c(c2)CCC3)cc1. The van der Waals surface area contributed by atoms with Crippen LogP contribution in [0, 0.1) is 5.41 Å². The lowest BCUT2D eigenvalue weighted by Gasteiger charge is -2.17. The van der Waals surface area contributed by atoms with Gasteiger partial charge in [0.25, 0.3) is 0 Å². The Morgan fingerprint density at radius 1 is 1.19 bits per heavy atom. The van der Waals surface area contributed by atoms with Gasteiger partial charge in [0.1, 0.15) is 18.2 Å². The number of likely N-dealkylation sites (N-methyl/N-ethyl adjacent to an activating group) is 1. The first-order chi connectivity index (χ1) is 12.6. The molecule has 1 aliphatic carbocycles. The number of carbonyl (C=O) groups is 1. The van der Waals surface area contributed by atoms with Gasteiger partial charge in [-0.25, -0.2) is 0 Å². The second kappa shape index (κ2) is 8.04. The Bertz CT molecular complexity index is 799. The first-order valence-corrected chi connectivity index (χ1v) is 8.88. The maximum Gasteiger partial charge on any atom is 0.304 e. The lowest BCUT2D eigenvalue weighted by Crippen LogP contribution is -2.26. The van der Waals surface area contributed by atoms with Crippen LogP contribution in [0.25, 0.3) is 0 Å². The van der Waals surface area contributed by atoms with E-state index in [1.807, 2.05) is 24.3 Å². The van der Waals surface area contributed by atoms with Crippen molar-refractivity contribution in [3.63, 3.8) is 0 Å². The number of carboxylic acid groups (broad SMARTS) is 1. The molecular formula is C21H24N2O3. The van der Waals surface area contributed by atoms with Gasteiger partial charge in [-0.15, -0.1) is 0 Å². The molecule has 0 spiro atoms. The van der Waals surface area contributed by atoms with Crippen LogP contribution < -0.4 is 10.1 Å². The number of aryl methyl sites for hydroxylation is 2. The largest absolute Gasteiger partial charge is 0.489 e. The average molecular weight is 352 g/mol. The predicted molar refractivity (Wildman–Crippen MR) is 101 cm³/mol. The molecule has 0 amide bonds. The molecule has 0 heterocycles. The van der Waals surface area contributed by atoms with Crippen LogP contribution >= 0.6 is 0 Å². The predicted octanol–water partition coefficient (Wildman–Crippen LogP) is 3.51. The molecule has 0 radical (unpaired) electrons. The smallest absolute Gasteiger partial charge is 0.304 e. The number of hydrogen-bond acceptors (Lipinski definition) is 3. The summed E-state index contributed by atoms with van der Waals surface area (Å²) in [6.07, 6.45) is 3.45. The Hall–Kier alpha value is -2.82. The zero-order valence-electron chi connectivity index (χ0n) is 14.9. The monoisotopic (exact) mass is 352 g/mol. The van der Waals surface area contributed by atoms with E-state index in [9.17, 15) is 4.79 Å². The zero-order valence-corrected chi connectivity index (χ0v) is 14.9. The fourth-order valence-electron chi connectivity index (χ4n) is 3.41. The number of hydrogen-bond donors (Lipinski definition) is 3. The van der Waals surface area contributed by atoms with Gasteiger partial charge in [-0.05, 0) is 53.6 Å². The minimum Gasteiger partial charge on any atom is -0.489 e. The lowest BCUT2D eigenvalue weighted by atomic mass is 9.94. The van der Waals surface area contributed by atoms with Crippen molar-refractivity contribution in [1.29, 1.82) is 5.41 Å². The maximum atomic E-state index is 11.1. The van der Waals surface area contributed by atoms with Crippen LogP contribution in [0.15, 0.2) is 42.5 Å². The molecule has 1 aliphatic rings. The maximum absolute atomic E-state index is 11.1. The number of amidine groups is 1. The highest BCUT2D eigenvalue weighted by Crippen LogP contribution is 2.25. The van der Waals surface area contributed by atoms with E-state index in [0.717, 1.165) is 23.3 Å². The second-order valence-electron chi connectivity index (χ2n) is 6.63. The third-order valence-electron chi connectivity index (χ3n) is 4.85. The van der Waals surface area contributed by atoms with Crippen molar-refractivity contribution < 1.29 is 14.6 Å². The summed E-state index contributed by atoms with van der Waals surface area (Å²) in [5.41, 5.74) is 4.84. The molecule has 0 fully saturated rings. The van der Waals surface area contributed by atoms with Crippen LogP contribution in [0.4, 0.5) is 0 Å². The molecular weight excluding hydrogens is 328 g/mol. The van der Waals surface area contributed by atoms with Crippen molar-refractivity contribution in [3.8, 4) is 5.75 Å². The molecule has 5 heteroatoms. The molecule has 2 aromatic carbocycles. The van der Waals surface area contributed by atoms with Crippen LogP contribution in [0.1, 0.15) is 41.0 Å². The highest BCUT2D eigenvalue weighted by atomic mass is 16.5. The molecule has 26 heavy (non-hydrogen) atoms. The molecule has 0 bridgehead atoms. The van der Waals surface area contributed by atoms with Gasteiger partial charge < -0.3 is 15.2 Å². The zero-order chi connectivity index (χ0) is 18.5. The number of carboxylic acids is 1. The van der Waals surface area contributed by atoms with Crippen LogP contribution in [0.2, 0.25) is 0 Å². The molecule has 0 saturated carbocycles. The average Bonchev–Trinajstić information content (AvgIpc) is 3.12. The van der Waals surface area contributed by atoms with Crippen LogP contribution in [0.3, 0.4) is 0 Å². The van der Waals surface area contributed by atoms with Crippen LogP contribution in [-0.4, -0.2) is 24.0 Å². The van der Waals surface area contributed by atoms with Gasteiger partial charge in [-0.3, -0.25) is 10.2 Å². The van der Waals surface area contributed by atoms with Gasteiger partial charge in [0.15, 0.2) is 0 Å². The number of rotatable bonds is 7. The molecule has 0 saturated heterocycles. The van der Waals surface area contributed by atoms with E-state index >= 15 is 0 Å². The minimum atomic E-state index is -0.924. The first-order valence-electron chi connectivity index (χ1n) is 8.88. The van der Waals surface area contributed by atoms with Gasteiger partial charge in [0.2, 0.25) is 0 Å². The molecule has 3 rings (SSSR count). The lowest BCUT2D eigenvalue weighted by molar-refractivity contribution is -0.137. The van der Waals surface area contributed by atoms with Crippen molar-refractivity contribution in [2.45, 2.75) is 38.2 Å². The molecule has 0 aromatic heterocycles. The summed E-state index contributed by atoms with van der Waals surface area (Å²) in [5.74, 6) is -0.478. The van der Waals surface area contributed by atoms with E-state index in [-0.39, 0.29) is 12.3 Å². The Balaban J connectivity index is 1.65. The van der Waals surface area contributed by atoms with Crippen molar-refractivity contribution in [1.82, 2.24) is 5.32 Å². The Kier molecular flexibility index (Phi) is 5.56. The van der Waals surface area contributed by atoms with Crippen LogP contribution in [0.5, 0.6) is 5.75 Å². The van der Waals surface area contributed by atoms with Gasteiger partial charge in [-0.2, -0.15) is 0 Å². The van der Waals surface area contributed by atoms with E-state index in [0.29, 0.717) is 6.61 Å². The van der Waals surface area contributed by atoms with E-state index in [1.54, 1.807) is 7.05 Å². The molecule has 1 unspecified atom stereocenters. The summed E-state index contributed by atoms with van der Waals surface area (Å²) < 4.78 is 5.87. The number of benzene rings is 2. The van der Waals surface area contributed by atoms with E-state index in [1.165, 1.54) is 24.0 Å². The molecule has 5 nitrogen and oxygen atoms in total. The Morgan fingerprint density at radius 3 is 2.62 bits per heavy atom. The van der Waals surface area contributed by atoms with Crippen molar-refractivity contribution in [2.24, 2.45) is 0 Å². The van der Waals surface area contributed by atoms with Crippen LogP contribution in [-0.2, 0) is 24.2 Å². The van der Waals surface area contributed by atoms with Crippen molar-refractivity contribution >= 4 is 11.8 Å². The standard InChI is InChI=1S/C21H24N2O3/c1-23-21(22)19(12-20(24)25)16-7-9-18(10-8-16)26-13-14-5-6-15-3-2-4-17(15)11-14/h5-11,19H,2-4,12-13H2,1H3,(H2,22,23)(H,24,25). The number of fused-ring (bicyclic) bond motifs is 1. The topological polar surface area (TPSA) is 82.4 Å². The normalized spacial score (nSPS) is 13.7. The number of nitrogens with one attached hydrogen (secondary N) is 2. The van der Waals surface area contributed by atoms with E-state index < -0.39 is 11.9 Å². The van der Waals surface area contributed by atoms with Crippen molar-refractivity contribution in [3.05, 3.63) is 64.7 Å². The summed E-state index contributed by atoms with van der Waals surface area (Å²) in [6.45, 7) is 0.511. The fourth-order valence-corrected chi connectivity index (χ4v) is 3.41. The third-order valence-corrected chi connectivity index (χ3v) is 4.85. The van der Waals surface area contributed by atoms with E-state index in [4.69, 9.17) is 15.3 Å². The highest BCUT2D eigenvalue weighted by molar-refractivity contribution is 5.89. The Morgan fingerprint density at radius 2 is 1.92 bits per heavy atom. The molecule has 1 atom stereocenters. The van der Waals surface area contributed by atoms with Gasteiger partial charge >= 0.3 is 5.97 Å². The van der Waals surface area contributed by atoms with Gasteiger partial charge in [-0.1, -0.05) is 30.3 Å². The summed E-state index contributed by atoms with van der Waals surface area (Å²) in [5, 5.41) is 19.7. The molecule has 2 aromatic rings. The number of aliphatic carboxylic acids is 1. The highest BCUT2D eigenvalue weighted by Gasteiger charge is 2.20. The summed E-state index contributed by atoms with van der Waals surface area (Å²) in [4.78, 5) is 11.1. The second-order valence-corrected chi connectivity index (χ2v) is 6.63. The summed E-state index contributed by atoms with van der Waals surface area (Å²) >= 11 is 0. The first kappa shape index (κ1) is 18.0. The Labute approximate surface area is 153 Å². The molecule has 3 N–H and O–H groups in total. The quantitative estimate of drug-likeness (QED) is 0.526.